The Morgan fingerprint density at radius 1 is 1.11 bits per heavy atom. The minimum absolute atomic E-state index is 0.150. The van der Waals surface area contributed by atoms with Crippen LogP contribution in [0.4, 0.5) is 10.5 Å². The third-order valence-corrected chi connectivity index (χ3v) is 4.62. The van der Waals surface area contributed by atoms with Crippen LogP contribution >= 0.6 is 15.9 Å². The summed E-state index contributed by atoms with van der Waals surface area (Å²) in [6.07, 6.45) is 0. The van der Waals surface area contributed by atoms with E-state index in [0.29, 0.717) is 17.2 Å². The van der Waals surface area contributed by atoms with Gasteiger partial charge < -0.3 is 25.4 Å². The normalized spacial score (nSPS) is 11.3. The third-order valence-electron chi connectivity index (χ3n) is 4.12. The number of amides is 3. The predicted octanol–water partition coefficient (Wildman–Crippen LogP) is 3.77. The Bertz CT molecular complexity index is 857. The molecule has 0 aliphatic rings. The molecular formula is C20H24BrN3O4. The van der Waals surface area contributed by atoms with Crippen molar-refractivity contribution in [3.05, 3.63) is 52.0 Å². The van der Waals surface area contributed by atoms with Crippen molar-refractivity contribution in [2.45, 2.75) is 19.9 Å². The standard InChI is InChI=1S/C20H24BrN3O4/c1-12-9-14(21)5-7-17(12)24-19(25)11-22-20(26)23-13(2)16-10-15(27-3)6-8-18(16)28-4/h5-10,13H,11H2,1-4H3,(H,24,25)(H2,22,23,26). The molecule has 1 atom stereocenters. The van der Waals surface area contributed by atoms with Gasteiger partial charge in [0, 0.05) is 15.7 Å². The number of urea groups is 1. The lowest BCUT2D eigenvalue weighted by atomic mass is 10.1. The molecule has 0 fully saturated rings. The van der Waals surface area contributed by atoms with E-state index in [9.17, 15) is 9.59 Å². The van der Waals surface area contributed by atoms with Crippen LogP contribution in [0.5, 0.6) is 11.5 Å². The van der Waals surface area contributed by atoms with Gasteiger partial charge in [0.05, 0.1) is 26.8 Å². The predicted molar refractivity (Wildman–Crippen MR) is 112 cm³/mol. The lowest BCUT2D eigenvalue weighted by molar-refractivity contribution is -0.115. The van der Waals surface area contributed by atoms with Gasteiger partial charge in [0.2, 0.25) is 5.91 Å². The molecule has 0 aliphatic heterocycles. The Labute approximate surface area is 172 Å². The molecule has 8 heteroatoms. The maximum atomic E-state index is 12.2. The Morgan fingerprint density at radius 2 is 1.86 bits per heavy atom. The van der Waals surface area contributed by atoms with Crippen LogP contribution in [-0.2, 0) is 4.79 Å². The molecule has 0 saturated heterocycles. The van der Waals surface area contributed by atoms with Crippen molar-refractivity contribution in [1.29, 1.82) is 0 Å². The summed E-state index contributed by atoms with van der Waals surface area (Å²) in [6, 6.07) is 10.1. The molecule has 7 nitrogen and oxygen atoms in total. The molecule has 28 heavy (non-hydrogen) atoms. The van der Waals surface area contributed by atoms with Gasteiger partial charge in [0.1, 0.15) is 11.5 Å². The number of benzene rings is 2. The first-order chi connectivity index (χ1) is 13.3. The molecule has 0 spiro atoms. The first kappa shape index (κ1) is 21.6. The zero-order valence-electron chi connectivity index (χ0n) is 16.3. The monoisotopic (exact) mass is 449 g/mol. The number of anilines is 1. The van der Waals surface area contributed by atoms with E-state index in [1.54, 1.807) is 38.5 Å². The second-order valence-corrected chi connectivity index (χ2v) is 7.08. The topological polar surface area (TPSA) is 88.7 Å². The molecule has 0 heterocycles. The fourth-order valence-electron chi connectivity index (χ4n) is 2.63. The number of rotatable bonds is 7. The van der Waals surface area contributed by atoms with Gasteiger partial charge in [-0.25, -0.2) is 4.79 Å². The Balaban J connectivity index is 1.90. The minimum atomic E-state index is -0.458. The first-order valence-corrected chi connectivity index (χ1v) is 9.45. The molecular weight excluding hydrogens is 426 g/mol. The molecule has 0 aliphatic carbocycles. The summed E-state index contributed by atoms with van der Waals surface area (Å²) in [7, 11) is 3.13. The number of carbonyl (C=O) groups is 2. The lowest BCUT2D eigenvalue weighted by Crippen LogP contribution is -2.41. The van der Waals surface area contributed by atoms with Gasteiger partial charge in [-0.15, -0.1) is 0 Å². The van der Waals surface area contributed by atoms with E-state index in [-0.39, 0.29) is 18.5 Å². The zero-order valence-corrected chi connectivity index (χ0v) is 17.8. The summed E-state index contributed by atoms with van der Waals surface area (Å²) in [4.78, 5) is 24.3. The van der Waals surface area contributed by atoms with Gasteiger partial charge in [-0.1, -0.05) is 15.9 Å². The maximum absolute atomic E-state index is 12.2. The number of aryl methyl sites for hydroxylation is 1. The van der Waals surface area contributed by atoms with Gasteiger partial charge in [-0.05, 0) is 55.8 Å². The van der Waals surface area contributed by atoms with E-state index >= 15 is 0 Å². The molecule has 0 radical (unpaired) electrons. The first-order valence-electron chi connectivity index (χ1n) is 8.66. The molecule has 0 saturated carbocycles. The van der Waals surface area contributed by atoms with E-state index < -0.39 is 6.03 Å². The SMILES string of the molecule is COc1ccc(OC)c(C(C)NC(=O)NCC(=O)Nc2ccc(Br)cc2C)c1. The molecule has 0 bridgehead atoms. The highest BCUT2D eigenvalue weighted by Gasteiger charge is 2.16. The average Bonchev–Trinajstić information content (AvgIpc) is 2.68. The molecule has 1 unspecified atom stereocenters. The van der Waals surface area contributed by atoms with Crippen LogP contribution in [0.3, 0.4) is 0 Å². The number of carbonyl (C=O) groups excluding carboxylic acids is 2. The molecule has 2 aromatic rings. The van der Waals surface area contributed by atoms with E-state index in [1.807, 2.05) is 26.0 Å². The third kappa shape index (κ3) is 5.88. The summed E-state index contributed by atoms with van der Waals surface area (Å²) in [5.74, 6) is 0.985. The molecule has 2 rings (SSSR count). The van der Waals surface area contributed by atoms with E-state index in [0.717, 1.165) is 15.6 Å². The minimum Gasteiger partial charge on any atom is -0.497 e. The van der Waals surface area contributed by atoms with Crippen molar-refractivity contribution in [2.24, 2.45) is 0 Å². The fourth-order valence-corrected chi connectivity index (χ4v) is 3.10. The molecule has 3 amide bonds. The quantitative estimate of drug-likeness (QED) is 0.599. The summed E-state index contributed by atoms with van der Waals surface area (Å²) in [6.45, 7) is 3.56. The highest BCUT2D eigenvalue weighted by Crippen LogP contribution is 2.29. The van der Waals surface area contributed by atoms with Crippen molar-refractivity contribution >= 4 is 33.6 Å². The Morgan fingerprint density at radius 3 is 2.50 bits per heavy atom. The van der Waals surface area contributed by atoms with Crippen LogP contribution < -0.4 is 25.4 Å². The number of methoxy groups -OCH3 is 2. The largest absolute Gasteiger partial charge is 0.497 e. The Hall–Kier alpha value is -2.74. The van der Waals surface area contributed by atoms with Crippen LogP contribution in [0.15, 0.2) is 40.9 Å². The van der Waals surface area contributed by atoms with Crippen molar-refractivity contribution in [3.63, 3.8) is 0 Å². The van der Waals surface area contributed by atoms with Crippen LogP contribution in [-0.4, -0.2) is 32.7 Å². The summed E-state index contributed by atoms with van der Waals surface area (Å²) in [5.41, 5.74) is 2.39. The van der Waals surface area contributed by atoms with Gasteiger partial charge >= 0.3 is 6.03 Å². The summed E-state index contributed by atoms with van der Waals surface area (Å²) in [5, 5.41) is 8.12. The fraction of sp³-hybridized carbons (Fsp3) is 0.300. The van der Waals surface area contributed by atoms with Crippen LogP contribution in [0.25, 0.3) is 0 Å². The Kier molecular flexibility index (Phi) is 7.69. The van der Waals surface area contributed by atoms with Crippen molar-refractivity contribution < 1.29 is 19.1 Å². The molecule has 150 valence electrons. The number of ether oxygens (including phenoxy) is 2. The van der Waals surface area contributed by atoms with Gasteiger partial charge in [-0.2, -0.15) is 0 Å². The number of nitrogens with one attached hydrogen (secondary N) is 3. The zero-order chi connectivity index (χ0) is 20.7. The van der Waals surface area contributed by atoms with Crippen molar-refractivity contribution in [1.82, 2.24) is 10.6 Å². The van der Waals surface area contributed by atoms with Gasteiger partial charge in [-0.3, -0.25) is 4.79 Å². The summed E-state index contributed by atoms with van der Waals surface area (Å²) < 4.78 is 11.5. The van der Waals surface area contributed by atoms with Gasteiger partial charge in [0.15, 0.2) is 0 Å². The average molecular weight is 450 g/mol. The molecule has 3 N–H and O–H groups in total. The highest BCUT2D eigenvalue weighted by molar-refractivity contribution is 9.10. The van der Waals surface area contributed by atoms with E-state index in [4.69, 9.17) is 9.47 Å². The van der Waals surface area contributed by atoms with Crippen LogP contribution in [0.2, 0.25) is 0 Å². The summed E-state index contributed by atoms with van der Waals surface area (Å²) >= 11 is 3.38. The van der Waals surface area contributed by atoms with E-state index in [2.05, 4.69) is 31.9 Å². The second kappa shape index (κ2) is 9.98. The van der Waals surface area contributed by atoms with Gasteiger partial charge in [0.25, 0.3) is 0 Å². The molecule has 2 aromatic carbocycles. The second-order valence-electron chi connectivity index (χ2n) is 6.16. The number of hydrogen-bond donors (Lipinski definition) is 3. The maximum Gasteiger partial charge on any atom is 0.315 e. The lowest BCUT2D eigenvalue weighted by Gasteiger charge is -2.18. The number of halogens is 1. The van der Waals surface area contributed by atoms with Crippen molar-refractivity contribution in [2.75, 3.05) is 26.1 Å². The smallest absolute Gasteiger partial charge is 0.315 e. The van der Waals surface area contributed by atoms with E-state index in [1.165, 1.54) is 0 Å². The van der Waals surface area contributed by atoms with Crippen molar-refractivity contribution in [3.8, 4) is 11.5 Å². The van der Waals surface area contributed by atoms with Crippen LogP contribution in [0, 0.1) is 6.92 Å². The van der Waals surface area contributed by atoms with Crippen LogP contribution in [0.1, 0.15) is 24.1 Å². The number of hydrogen-bond acceptors (Lipinski definition) is 4. The molecule has 0 aromatic heterocycles. The highest BCUT2D eigenvalue weighted by atomic mass is 79.9.